The van der Waals surface area contributed by atoms with Crippen LogP contribution in [0.4, 0.5) is 0 Å². The van der Waals surface area contributed by atoms with Crippen molar-refractivity contribution in [2.45, 2.75) is 31.6 Å². The highest BCUT2D eigenvalue weighted by Crippen LogP contribution is 2.34. The monoisotopic (exact) mass is 247 g/mol. The Labute approximate surface area is 109 Å². The lowest BCUT2D eigenvalue weighted by molar-refractivity contribution is -0.187. The maximum Gasteiger partial charge on any atom is 0.170 e. The van der Waals surface area contributed by atoms with E-state index in [2.05, 4.69) is 42.2 Å². The Morgan fingerprint density at radius 3 is 2.28 bits per heavy atom. The fourth-order valence-electron chi connectivity index (χ4n) is 2.98. The van der Waals surface area contributed by atoms with Gasteiger partial charge in [-0.05, 0) is 12.5 Å². The van der Waals surface area contributed by atoms with Crippen LogP contribution in [0.25, 0.3) is 0 Å². The molecule has 0 amide bonds. The van der Waals surface area contributed by atoms with E-state index in [9.17, 15) is 0 Å². The zero-order chi connectivity index (χ0) is 12.4. The normalized spacial score (nSPS) is 25.4. The van der Waals surface area contributed by atoms with Gasteiger partial charge in [0.05, 0.1) is 13.2 Å². The van der Waals surface area contributed by atoms with Gasteiger partial charge in [0.15, 0.2) is 5.79 Å². The third-order valence-corrected chi connectivity index (χ3v) is 4.20. The molecule has 2 saturated heterocycles. The highest BCUT2D eigenvalue weighted by molar-refractivity contribution is 5.18. The highest BCUT2D eigenvalue weighted by Gasteiger charge is 2.40. The molecule has 1 aromatic carbocycles. The minimum atomic E-state index is -0.257. The van der Waals surface area contributed by atoms with E-state index in [-0.39, 0.29) is 5.79 Å². The molecular weight excluding hydrogens is 226 g/mol. The average molecular weight is 247 g/mol. The second-order valence-corrected chi connectivity index (χ2v) is 5.23. The summed E-state index contributed by atoms with van der Waals surface area (Å²) in [5, 5.41) is 0. The first kappa shape index (κ1) is 12.2. The molecule has 3 rings (SSSR count). The van der Waals surface area contributed by atoms with Crippen LogP contribution in [-0.2, 0) is 9.47 Å². The van der Waals surface area contributed by atoms with Crippen molar-refractivity contribution in [3.8, 4) is 0 Å². The van der Waals surface area contributed by atoms with Crippen LogP contribution in [-0.4, -0.2) is 37.0 Å². The van der Waals surface area contributed by atoms with Gasteiger partial charge in [-0.2, -0.15) is 0 Å². The molecule has 1 spiro atoms. The molecule has 2 aliphatic rings. The minimum absolute atomic E-state index is 0.257. The van der Waals surface area contributed by atoms with E-state index in [0.29, 0.717) is 6.04 Å². The Morgan fingerprint density at radius 2 is 1.67 bits per heavy atom. The van der Waals surface area contributed by atoms with Crippen LogP contribution in [0.1, 0.15) is 31.4 Å². The Bertz CT molecular complexity index is 377. The van der Waals surface area contributed by atoms with Crippen molar-refractivity contribution < 1.29 is 9.47 Å². The SMILES string of the molecule is C[C@@H](c1ccccc1)N1CCC2(CC1)OCCO2. The molecule has 18 heavy (non-hydrogen) atoms. The maximum atomic E-state index is 5.77. The first-order valence-electron chi connectivity index (χ1n) is 6.86. The van der Waals surface area contributed by atoms with E-state index in [1.54, 1.807) is 0 Å². The summed E-state index contributed by atoms with van der Waals surface area (Å²) in [7, 11) is 0. The van der Waals surface area contributed by atoms with Crippen LogP contribution in [0.3, 0.4) is 0 Å². The second-order valence-electron chi connectivity index (χ2n) is 5.23. The largest absolute Gasteiger partial charge is 0.347 e. The molecule has 1 aromatic rings. The Kier molecular flexibility index (Phi) is 3.37. The van der Waals surface area contributed by atoms with Gasteiger partial charge in [0.2, 0.25) is 0 Å². The number of rotatable bonds is 2. The Hall–Kier alpha value is -0.900. The Balaban J connectivity index is 1.62. The van der Waals surface area contributed by atoms with E-state index in [1.807, 2.05) is 0 Å². The lowest BCUT2D eigenvalue weighted by Crippen LogP contribution is -2.45. The molecule has 0 bridgehead atoms. The van der Waals surface area contributed by atoms with Crippen LogP contribution in [0.5, 0.6) is 0 Å². The number of piperidine rings is 1. The molecule has 1 atom stereocenters. The number of hydrogen-bond acceptors (Lipinski definition) is 3. The molecule has 0 aliphatic carbocycles. The van der Waals surface area contributed by atoms with Gasteiger partial charge in [-0.25, -0.2) is 0 Å². The summed E-state index contributed by atoms with van der Waals surface area (Å²) in [5.74, 6) is -0.257. The molecule has 0 unspecified atom stereocenters. The molecule has 2 aliphatic heterocycles. The fraction of sp³-hybridized carbons (Fsp3) is 0.600. The number of ether oxygens (including phenoxy) is 2. The molecule has 98 valence electrons. The minimum Gasteiger partial charge on any atom is -0.347 e. The Morgan fingerprint density at radius 1 is 1.06 bits per heavy atom. The van der Waals surface area contributed by atoms with Gasteiger partial charge in [-0.1, -0.05) is 30.3 Å². The maximum absolute atomic E-state index is 5.77. The van der Waals surface area contributed by atoms with Crippen LogP contribution >= 0.6 is 0 Å². The smallest absolute Gasteiger partial charge is 0.170 e. The fourth-order valence-corrected chi connectivity index (χ4v) is 2.98. The van der Waals surface area contributed by atoms with E-state index in [4.69, 9.17) is 9.47 Å². The van der Waals surface area contributed by atoms with E-state index >= 15 is 0 Å². The summed E-state index contributed by atoms with van der Waals surface area (Å²) in [6.07, 6.45) is 1.98. The zero-order valence-corrected chi connectivity index (χ0v) is 11.0. The van der Waals surface area contributed by atoms with Gasteiger partial charge in [-0.3, -0.25) is 4.90 Å². The number of nitrogens with zero attached hydrogens (tertiary/aromatic N) is 1. The molecule has 0 aromatic heterocycles. The zero-order valence-electron chi connectivity index (χ0n) is 11.0. The van der Waals surface area contributed by atoms with Gasteiger partial charge in [0, 0.05) is 32.0 Å². The lowest BCUT2D eigenvalue weighted by atomic mass is 9.99. The number of hydrogen-bond donors (Lipinski definition) is 0. The molecular formula is C15H21NO2. The third kappa shape index (κ3) is 2.30. The topological polar surface area (TPSA) is 21.7 Å². The van der Waals surface area contributed by atoms with Crippen molar-refractivity contribution in [2.24, 2.45) is 0 Å². The standard InChI is InChI=1S/C15H21NO2/c1-13(14-5-3-2-4-6-14)16-9-7-15(8-10-16)17-11-12-18-15/h2-6,13H,7-12H2,1H3/t13-/m0/s1. The van der Waals surface area contributed by atoms with Crippen molar-refractivity contribution >= 4 is 0 Å². The second kappa shape index (κ2) is 5.00. The summed E-state index contributed by atoms with van der Waals surface area (Å²) in [6.45, 7) is 5.90. The van der Waals surface area contributed by atoms with Gasteiger partial charge in [0.25, 0.3) is 0 Å². The first-order valence-corrected chi connectivity index (χ1v) is 6.86. The molecule has 3 heteroatoms. The predicted octanol–water partition coefficient (Wildman–Crippen LogP) is 2.59. The summed E-state index contributed by atoms with van der Waals surface area (Å²) in [6, 6.07) is 11.2. The predicted molar refractivity (Wildman–Crippen MR) is 70.3 cm³/mol. The number of likely N-dealkylation sites (tertiary alicyclic amines) is 1. The van der Waals surface area contributed by atoms with E-state index < -0.39 is 0 Å². The molecule has 2 fully saturated rings. The van der Waals surface area contributed by atoms with Crippen molar-refractivity contribution in [1.29, 1.82) is 0 Å². The van der Waals surface area contributed by atoms with Crippen molar-refractivity contribution in [3.63, 3.8) is 0 Å². The average Bonchev–Trinajstić information content (AvgIpc) is 2.88. The highest BCUT2D eigenvalue weighted by atomic mass is 16.7. The first-order chi connectivity index (χ1) is 8.79. The quantitative estimate of drug-likeness (QED) is 0.802. The number of benzene rings is 1. The summed E-state index contributed by atoms with van der Waals surface area (Å²) >= 11 is 0. The molecule has 0 saturated carbocycles. The van der Waals surface area contributed by atoms with Crippen molar-refractivity contribution in [2.75, 3.05) is 26.3 Å². The van der Waals surface area contributed by atoms with Gasteiger partial charge in [-0.15, -0.1) is 0 Å². The summed E-state index contributed by atoms with van der Waals surface area (Å²) in [4.78, 5) is 2.52. The summed E-state index contributed by atoms with van der Waals surface area (Å²) < 4.78 is 11.5. The van der Waals surface area contributed by atoms with Crippen molar-refractivity contribution in [3.05, 3.63) is 35.9 Å². The van der Waals surface area contributed by atoms with E-state index in [0.717, 1.165) is 39.1 Å². The van der Waals surface area contributed by atoms with Crippen LogP contribution in [0, 0.1) is 0 Å². The van der Waals surface area contributed by atoms with Crippen LogP contribution in [0.15, 0.2) is 30.3 Å². The summed E-state index contributed by atoms with van der Waals surface area (Å²) in [5.41, 5.74) is 1.39. The molecule has 0 radical (unpaired) electrons. The van der Waals surface area contributed by atoms with Gasteiger partial charge >= 0.3 is 0 Å². The van der Waals surface area contributed by atoms with Crippen LogP contribution < -0.4 is 0 Å². The van der Waals surface area contributed by atoms with Crippen molar-refractivity contribution in [1.82, 2.24) is 4.90 Å². The van der Waals surface area contributed by atoms with Gasteiger partial charge < -0.3 is 9.47 Å². The lowest BCUT2D eigenvalue weighted by Gasteiger charge is -2.40. The van der Waals surface area contributed by atoms with E-state index in [1.165, 1.54) is 5.56 Å². The third-order valence-electron chi connectivity index (χ3n) is 4.20. The van der Waals surface area contributed by atoms with Gasteiger partial charge in [0.1, 0.15) is 0 Å². The molecule has 2 heterocycles. The molecule has 3 nitrogen and oxygen atoms in total. The molecule has 0 N–H and O–H groups in total. The van der Waals surface area contributed by atoms with Crippen LogP contribution in [0.2, 0.25) is 0 Å².